The van der Waals surface area contributed by atoms with Gasteiger partial charge in [-0.25, -0.2) is 0 Å². The molecule has 18 heavy (non-hydrogen) atoms. The van der Waals surface area contributed by atoms with Crippen molar-refractivity contribution in [3.05, 3.63) is 0 Å². The van der Waals surface area contributed by atoms with Gasteiger partial charge in [0.25, 0.3) is 0 Å². The van der Waals surface area contributed by atoms with Crippen molar-refractivity contribution in [3.63, 3.8) is 0 Å². The molecule has 1 unspecified atom stereocenters. The van der Waals surface area contributed by atoms with E-state index in [0.717, 1.165) is 13.1 Å². The molecule has 1 fully saturated rings. The van der Waals surface area contributed by atoms with E-state index in [1.54, 1.807) is 4.90 Å². The number of amides is 1. The molecule has 4 nitrogen and oxygen atoms in total. The molecule has 0 radical (unpaired) electrons. The highest BCUT2D eigenvalue weighted by Crippen LogP contribution is 2.16. The molecule has 1 aliphatic heterocycles. The maximum atomic E-state index is 11.8. The van der Waals surface area contributed by atoms with E-state index in [2.05, 4.69) is 11.9 Å². The van der Waals surface area contributed by atoms with Crippen molar-refractivity contribution < 1.29 is 4.79 Å². The zero-order chi connectivity index (χ0) is 12.1. The smallest absolute Gasteiger partial charge is 0.239 e. The summed E-state index contributed by atoms with van der Waals surface area (Å²) in [6.07, 6.45) is 3.18. The third-order valence-electron chi connectivity index (χ3n) is 3.39. The van der Waals surface area contributed by atoms with Gasteiger partial charge in [0.1, 0.15) is 0 Å². The molecule has 110 valence electrons. The van der Waals surface area contributed by atoms with Crippen molar-refractivity contribution in [2.75, 3.05) is 33.7 Å². The molecule has 2 N–H and O–H groups in total. The Hall–Kier alpha value is -0.0300. The maximum Gasteiger partial charge on any atom is 0.239 e. The maximum absolute atomic E-state index is 11.8. The number of piperidine rings is 1. The van der Waals surface area contributed by atoms with Crippen LogP contribution in [0.1, 0.15) is 26.2 Å². The van der Waals surface area contributed by atoms with Gasteiger partial charge in [-0.3, -0.25) is 4.79 Å². The molecular formula is C12H27Cl2N3O. The van der Waals surface area contributed by atoms with E-state index in [0.29, 0.717) is 12.3 Å². The Kier molecular flexibility index (Phi) is 11.1. The van der Waals surface area contributed by atoms with E-state index < -0.39 is 0 Å². The van der Waals surface area contributed by atoms with Gasteiger partial charge in [-0.2, -0.15) is 0 Å². The van der Waals surface area contributed by atoms with Gasteiger partial charge in [0.05, 0.1) is 6.04 Å². The molecule has 1 heterocycles. The standard InChI is InChI=1S/C12H25N3O.2ClH/c1-4-11(13)12(16)15(3)9-10-6-5-7-14(2)8-10;;/h10-11H,4-9,13H2,1-3H3;2*1H/t10?,11-;;/m0../s1. The van der Waals surface area contributed by atoms with Gasteiger partial charge in [0.15, 0.2) is 0 Å². The van der Waals surface area contributed by atoms with Gasteiger partial charge in [0, 0.05) is 20.1 Å². The zero-order valence-corrected chi connectivity index (χ0v) is 13.2. The number of hydrogen-bond acceptors (Lipinski definition) is 3. The minimum absolute atomic E-state index is 0. The molecule has 1 aliphatic rings. The number of hydrogen-bond donors (Lipinski definition) is 1. The zero-order valence-electron chi connectivity index (χ0n) is 11.6. The first kappa shape index (κ1) is 20.3. The Morgan fingerprint density at radius 2 is 2.11 bits per heavy atom. The SMILES string of the molecule is CC[C@H](N)C(=O)N(C)CC1CCCN(C)C1.Cl.Cl. The minimum atomic E-state index is -0.327. The van der Waals surface area contributed by atoms with Gasteiger partial charge in [-0.1, -0.05) is 6.92 Å². The summed E-state index contributed by atoms with van der Waals surface area (Å²) in [5, 5.41) is 0. The third kappa shape index (κ3) is 6.23. The summed E-state index contributed by atoms with van der Waals surface area (Å²) in [5.74, 6) is 0.687. The summed E-state index contributed by atoms with van der Waals surface area (Å²) in [4.78, 5) is 16.0. The number of likely N-dealkylation sites (N-methyl/N-ethyl adjacent to an activating group) is 1. The van der Waals surface area contributed by atoms with Crippen LogP contribution >= 0.6 is 24.8 Å². The Morgan fingerprint density at radius 3 is 2.61 bits per heavy atom. The second-order valence-corrected chi connectivity index (χ2v) is 5.00. The summed E-state index contributed by atoms with van der Waals surface area (Å²) in [6, 6.07) is -0.327. The van der Waals surface area contributed by atoms with E-state index in [1.165, 1.54) is 19.4 Å². The molecule has 1 saturated heterocycles. The molecule has 1 amide bonds. The first-order valence-electron chi connectivity index (χ1n) is 6.23. The lowest BCUT2D eigenvalue weighted by Crippen LogP contribution is -2.45. The first-order chi connectivity index (χ1) is 7.54. The van der Waals surface area contributed by atoms with Crippen LogP contribution in [0.4, 0.5) is 0 Å². The molecule has 0 aromatic carbocycles. The molecule has 0 aromatic rings. The predicted octanol–water partition coefficient (Wildman–Crippen LogP) is 1.37. The summed E-state index contributed by atoms with van der Waals surface area (Å²) in [7, 11) is 4.01. The number of carbonyl (C=O) groups is 1. The number of rotatable bonds is 4. The number of halogens is 2. The van der Waals surface area contributed by atoms with Crippen LogP contribution in [0.3, 0.4) is 0 Å². The van der Waals surface area contributed by atoms with Crippen LogP contribution in [-0.2, 0) is 4.79 Å². The van der Waals surface area contributed by atoms with Crippen LogP contribution in [0.15, 0.2) is 0 Å². The van der Waals surface area contributed by atoms with Crippen molar-refractivity contribution >= 4 is 30.7 Å². The Morgan fingerprint density at radius 1 is 1.50 bits per heavy atom. The van der Waals surface area contributed by atoms with Crippen LogP contribution in [0.5, 0.6) is 0 Å². The van der Waals surface area contributed by atoms with Gasteiger partial charge in [0.2, 0.25) is 5.91 Å². The fourth-order valence-corrected chi connectivity index (χ4v) is 2.36. The summed E-state index contributed by atoms with van der Waals surface area (Å²) >= 11 is 0. The van der Waals surface area contributed by atoms with Crippen LogP contribution in [0, 0.1) is 5.92 Å². The molecule has 0 aromatic heterocycles. The van der Waals surface area contributed by atoms with Crippen LogP contribution in [0.25, 0.3) is 0 Å². The van der Waals surface area contributed by atoms with E-state index in [-0.39, 0.29) is 36.8 Å². The molecule has 2 atom stereocenters. The molecule has 0 saturated carbocycles. The quantitative estimate of drug-likeness (QED) is 0.853. The molecule has 6 heteroatoms. The fourth-order valence-electron chi connectivity index (χ4n) is 2.36. The van der Waals surface area contributed by atoms with Crippen molar-refractivity contribution in [1.29, 1.82) is 0 Å². The van der Waals surface area contributed by atoms with Crippen LogP contribution < -0.4 is 5.73 Å². The first-order valence-corrected chi connectivity index (χ1v) is 6.23. The van der Waals surface area contributed by atoms with E-state index in [9.17, 15) is 4.79 Å². The summed E-state index contributed by atoms with van der Waals surface area (Å²) in [5.41, 5.74) is 5.75. The lowest BCUT2D eigenvalue weighted by molar-refractivity contribution is -0.132. The predicted molar refractivity (Wildman–Crippen MR) is 80.6 cm³/mol. The highest BCUT2D eigenvalue weighted by Gasteiger charge is 2.22. The lowest BCUT2D eigenvalue weighted by Gasteiger charge is -2.33. The molecule has 0 aliphatic carbocycles. The lowest BCUT2D eigenvalue weighted by atomic mass is 9.98. The van der Waals surface area contributed by atoms with E-state index in [1.807, 2.05) is 14.0 Å². The third-order valence-corrected chi connectivity index (χ3v) is 3.39. The number of nitrogens with two attached hydrogens (primary N) is 1. The van der Waals surface area contributed by atoms with Crippen molar-refractivity contribution in [2.45, 2.75) is 32.2 Å². The topological polar surface area (TPSA) is 49.6 Å². The number of carbonyl (C=O) groups excluding carboxylic acids is 1. The largest absolute Gasteiger partial charge is 0.344 e. The van der Waals surface area contributed by atoms with Gasteiger partial charge in [-0.15, -0.1) is 24.8 Å². The van der Waals surface area contributed by atoms with Gasteiger partial charge < -0.3 is 15.5 Å². The van der Waals surface area contributed by atoms with Gasteiger partial charge in [-0.05, 0) is 38.8 Å². The Balaban J connectivity index is 0. The average molecular weight is 300 g/mol. The Labute approximate surface area is 123 Å². The van der Waals surface area contributed by atoms with Gasteiger partial charge >= 0.3 is 0 Å². The van der Waals surface area contributed by atoms with E-state index >= 15 is 0 Å². The second kappa shape index (κ2) is 9.84. The monoisotopic (exact) mass is 299 g/mol. The Bertz CT molecular complexity index is 241. The van der Waals surface area contributed by atoms with Crippen molar-refractivity contribution in [2.24, 2.45) is 11.7 Å². The molecule has 0 bridgehead atoms. The van der Waals surface area contributed by atoms with Crippen LogP contribution in [-0.4, -0.2) is 55.5 Å². The highest BCUT2D eigenvalue weighted by atomic mass is 35.5. The van der Waals surface area contributed by atoms with Crippen molar-refractivity contribution in [1.82, 2.24) is 9.80 Å². The number of likely N-dealkylation sites (tertiary alicyclic amines) is 1. The summed E-state index contributed by atoms with van der Waals surface area (Å²) < 4.78 is 0. The molecule has 0 spiro atoms. The normalized spacial score (nSPS) is 21.4. The molecule has 1 rings (SSSR count). The average Bonchev–Trinajstić information content (AvgIpc) is 2.27. The second-order valence-electron chi connectivity index (χ2n) is 5.00. The number of nitrogens with zero attached hydrogens (tertiary/aromatic N) is 2. The minimum Gasteiger partial charge on any atom is -0.344 e. The van der Waals surface area contributed by atoms with Crippen LogP contribution in [0.2, 0.25) is 0 Å². The summed E-state index contributed by atoms with van der Waals surface area (Å²) in [6.45, 7) is 5.07. The van der Waals surface area contributed by atoms with E-state index in [4.69, 9.17) is 5.73 Å². The highest BCUT2D eigenvalue weighted by molar-refractivity contribution is 5.85. The molecular weight excluding hydrogens is 273 g/mol. The fraction of sp³-hybridized carbons (Fsp3) is 0.917. The van der Waals surface area contributed by atoms with Crippen molar-refractivity contribution in [3.8, 4) is 0 Å².